The predicted molar refractivity (Wildman–Crippen MR) is 77.1 cm³/mol. The first kappa shape index (κ1) is 13.8. The topological polar surface area (TPSA) is 50.1 Å². The summed E-state index contributed by atoms with van der Waals surface area (Å²) in [6, 6.07) is 17.2. The van der Waals surface area contributed by atoms with E-state index in [0.29, 0.717) is 5.56 Å². The fraction of sp³-hybridized carbons (Fsp3) is 0.176. The Bertz CT molecular complexity index is 636. The number of carbonyl (C=O) groups is 1. The van der Waals surface area contributed by atoms with Crippen LogP contribution in [0.15, 0.2) is 48.5 Å². The van der Waals surface area contributed by atoms with Crippen molar-refractivity contribution in [3.05, 3.63) is 59.7 Å². The van der Waals surface area contributed by atoms with Crippen molar-refractivity contribution in [2.45, 2.75) is 20.0 Å². The molecule has 0 aliphatic heterocycles. The lowest BCUT2D eigenvalue weighted by Crippen LogP contribution is -2.12. The molecule has 2 rings (SSSR count). The van der Waals surface area contributed by atoms with E-state index in [-0.39, 0.29) is 0 Å². The third-order valence-corrected chi connectivity index (χ3v) is 2.97. The zero-order valence-corrected chi connectivity index (χ0v) is 11.5. The molecular weight excluding hydrogens is 250 g/mol. The van der Waals surface area contributed by atoms with Gasteiger partial charge in [-0.05, 0) is 37.1 Å². The van der Waals surface area contributed by atoms with Crippen molar-refractivity contribution in [3.8, 4) is 17.2 Å². The molecule has 0 heterocycles. The summed E-state index contributed by atoms with van der Waals surface area (Å²) in [5, 5.41) is 8.62. The number of benzene rings is 2. The highest BCUT2D eigenvalue weighted by Gasteiger charge is 2.11. The Hall–Kier alpha value is -2.60. The average molecular weight is 265 g/mol. The number of nitrogens with zero attached hydrogens (tertiary/aromatic N) is 1. The SMILES string of the molecule is Cc1ccc(-c2ccc(C(=O)OC(C)C#N)cc2)cc1. The van der Waals surface area contributed by atoms with Gasteiger partial charge in [0.25, 0.3) is 0 Å². The zero-order chi connectivity index (χ0) is 14.5. The fourth-order valence-corrected chi connectivity index (χ4v) is 1.80. The molecule has 0 spiro atoms. The van der Waals surface area contributed by atoms with Crippen LogP contribution in [0.3, 0.4) is 0 Å². The number of rotatable bonds is 3. The third-order valence-electron chi connectivity index (χ3n) is 2.97. The van der Waals surface area contributed by atoms with Gasteiger partial charge in [-0.15, -0.1) is 0 Å². The molecule has 0 N–H and O–H groups in total. The number of hydrogen-bond acceptors (Lipinski definition) is 3. The van der Waals surface area contributed by atoms with Crippen LogP contribution in [-0.2, 0) is 4.74 Å². The lowest BCUT2D eigenvalue weighted by Gasteiger charge is -2.07. The number of hydrogen-bond donors (Lipinski definition) is 0. The molecule has 0 radical (unpaired) electrons. The van der Waals surface area contributed by atoms with Gasteiger partial charge in [-0.2, -0.15) is 5.26 Å². The van der Waals surface area contributed by atoms with Crippen LogP contribution in [0.2, 0.25) is 0 Å². The van der Waals surface area contributed by atoms with E-state index in [1.54, 1.807) is 19.1 Å². The molecule has 0 aliphatic carbocycles. The van der Waals surface area contributed by atoms with Crippen molar-refractivity contribution in [2.24, 2.45) is 0 Å². The van der Waals surface area contributed by atoms with E-state index in [2.05, 4.69) is 0 Å². The monoisotopic (exact) mass is 265 g/mol. The van der Waals surface area contributed by atoms with Crippen LogP contribution >= 0.6 is 0 Å². The highest BCUT2D eigenvalue weighted by molar-refractivity contribution is 5.90. The van der Waals surface area contributed by atoms with Gasteiger partial charge in [-0.25, -0.2) is 4.79 Å². The van der Waals surface area contributed by atoms with Gasteiger partial charge in [0.15, 0.2) is 6.10 Å². The smallest absolute Gasteiger partial charge is 0.339 e. The maximum atomic E-state index is 11.7. The number of ether oxygens (including phenoxy) is 1. The largest absolute Gasteiger partial charge is 0.444 e. The minimum absolute atomic E-state index is 0.447. The fourth-order valence-electron chi connectivity index (χ4n) is 1.80. The summed E-state index contributed by atoms with van der Waals surface area (Å²) in [5.41, 5.74) is 3.79. The molecular formula is C17H15NO2. The summed E-state index contributed by atoms with van der Waals surface area (Å²) in [7, 11) is 0. The Labute approximate surface area is 118 Å². The Morgan fingerprint density at radius 3 is 2.05 bits per heavy atom. The highest BCUT2D eigenvalue weighted by atomic mass is 16.5. The summed E-state index contributed by atoms with van der Waals surface area (Å²) in [4.78, 5) is 11.7. The lowest BCUT2D eigenvalue weighted by molar-refractivity contribution is 0.0435. The Kier molecular flexibility index (Phi) is 4.17. The molecule has 1 atom stereocenters. The number of carbonyl (C=O) groups excluding carboxylic acids is 1. The van der Waals surface area contributed by atoms with Gasteiger partial charge >= 0.3 is 5.97 Å². The zero-order valence-electron chi connectivity index (χ0n) is 11.5. The molecule has 3 nitrogen and oxygen atoms in total. The van der Waals surface area contributed by atoms with Gasteiger partial charge in [0, 0.05) is 0 Å². The van der Waals surface area contributed by atoms with E-state index in [4.69, 9.17) is 10.00 Å². The van der Waals surface area contributed by atoms with E-state index in [1.165, 1.54) is 5.56 Å². The van der Waals surface area contributed by atoms with Gasteiger partial charge in [-0.1, -0.05) is 42.0 Å². The molecule has 0 amide bonds. The Balaban J connectivity index is 2.16. The van der Waals surface area contributed by atoms with Crippen molar-refractivity contribution in [1.29, 1.82) is 5.26 Å². The number of aryl methyl sites for hydroxylation is 1. The highest BCUT2D eigenvalue weighted by Crippen LogP contribution is 2.20. The van der Waals surface area contributed by atoms with Crippen LogP contribution in [0, 0.1) is 18.3 Å². The third kappa shape index (κ3) is 3.24. The van der Waals surface area contributed by atoms with Crippen LogP contribution in [0.1, 0.15) is 22.8 Å². The summed E-state index contributed by atoms with van der Waals surface area (Å²) in [5.74, 6) is -0.477. The molecule has 2 aromatic carbocycles. The minimum atomic E-state index is -0.737. The maximum Gasteiger partial charge on any atom is 0.339 e. The molecule has 0 aliphatic rings. The number of esters is 1. The van der Waals surface area contributed by atoms with Gasteiger partial charge in [0.2, 0.25) is 0 Å². The van der Waals surface area contributed by atoms with Gasteiger partial charge < -0.3 is 4.74 Å². The molecule has 3 heteroatoms. The van der Waals surface area contributed by atoms with Crippen molar-refractivity contribution in [3.63, 3.8) is 0 Å². The first-order valence-electron chi connectivity index (χ1n) is 6.38. The van der Waals surface area contributed by atoms with E-state index >= 15 is 0 Å². The van der Waals surface area contributed by atoms with Gasteiger partial charge in [-0.3, -0.25) is 0 Å². The average Bonchev–Trinajstić information content (AvgIpc) is 2.48. The Morgan fingerprint density at radius 1 is 1.05 bits per heavy atom. The molecule has 20 heavy (non-hydrogen) atoms. The van der Waals surface area contributed by atoms with Crippen LogP contribution in [-0.4, -0.2) is 12.1 Å². The minimum Gasteiger partial charge on any atom is -0.444 e. The van der Waals surface area contributed by atoms with Crippen molar-refractivity contribution in [1.82, 2.24) is 0 Å². The van der Waals surface area contributed by atoms with Gasteiger partial charge in [0.1, 0.15) is 6.07 Å². The second-order valence-corrected chi connectivity index (χ2v) is 4.62. The molecule has 0 saturated heterocycles. The van der Waals surface area contributed by atoms with Crippen LogP contribution in [0.4, 0.5) is 0 Å². The van der Waals surface area contributed by atoms with Gasteiger partial charge in [0.05, 0.1) is 5.56 Å². The molecule has 0 fully saturated rings. The van der Waals surface area contributed by atoms with Crippen LogP contribution < -0.4 is 0 Å². The first-order valence-corrected chi connectivity index (χ1v) is 6.38. The van der Waals surface area contributed by atoms with Crippen LogP contribution in [0.5, 0.6) is 0 Å². The quantitative estimate of drug-likeness (QED) is 0.794. The van der Waals surface area contributed by atoms with Crippen LogP contribution in [0.25, 0.3) is 11.1 Å². The Morgan fingerprint density at radius 2 is 1.55 bits per heavy atom. The molecule has 0 saturated carbocycles. The van der Waals surface area contributed by atoms with E-state index in [1.807, 2.05) is 49.4 Å². The summed E-state index contributed by atoms with van der Waals surface area (Å²) in [6.07, 6.45) is -0.737. The second-order valence-electron chi connectivity index (χ2n) is 4.62. The lowest BCUT2D eigenvalue weighted by atomic mass is 10.0. The van der Waals surface area contributed by atoms with E-state index in [9.17, 15) is 4.79 Å². The normalized spacial score (nSPS) is 11.4. The summed E-state index contributed by atoms with van der Waals surface area (Å²) >= 11 is 0. The first-order chi connectivity index (χ1) is 9.60. The standard InChI is InChI=1S/C17H15NO2/c1-12-3-5-14(6-4-12)15-7-9-16(10-8-15)17(19)20-13(2)11-18/h3-10,13H,1-2H3. The summed E-state index contributed by atoms with van der Waals surface area (Å²) in [6.45, 7) is 3.58. The second kappa shape index (κ2) is 6.03. The molecule has 0 bridgehead atoms. The number of nitriles is 1. The summed E-state index contributed by atoms with van der Waals surface area (Å²) < 4.78 is 4.95. The maximum absolute atomic E-state index is 11.7. The molecule has 100 valence electrons. The molecule has 2 aromatic rings. The van der Waals surface area contributed by atoms with E-state index < -0.39 is 12.1 Å². The van der Waals surface area contributed by atoms with Crippen molar-refractivity contribution >= 4 is 5.97 Å². The molecule has 1 unspecified atom stereocenters. The van der Waals surface area contributed by atoms with Crippen molar-refractivity contribution in [2.75, 3.05) is 0 Å². The predicted octanol–water partition coefficient (Wildman–Crippen LogP) is 3.73. The van der Waals surface area contributed by atoms with Crippen molar-refractivity contribution < 1.29 is 9.53 Å². The molecule has 0 aromatic heterocycles. The van der Waals surface area contributed by atoms with E-state index in [0.717, 1.165) is 11.1 Å².